The van der Waals surface area contributed by atoms with Crippen LogP contribution >= 0.6 is 0 Å². The number of carbonyl (C=O) groups is 1. The van der Waals surface area contributed by atoms with Gasteiger partial charge in [-0.1, -0.05) is 24.3 Å². The van der Waals surface area contributed by atoms with Gasteiger partial charge in [0.1, 0.15) is 11.5 Å². The number of carbonyl (C=O) groups excluding carboxylic acids is 1. The molecule has 0 aromatic heterocycles. The Bertz CT molecular complexity index is 903. The molecule has 3 N–H and O–H groups in total. The van der Waals surface area contributed by atoms with E-state index in [1.165, 1.54) is 0 Å². The van der Waals surface area contributed by atoms with Crippen LogP contribution in [0.2, 0.25) is 0 Å². The second kappa shape index (κ2) is 7.13. The molecule has 0 unspecified atom stereocenters. The molecule has 3 aromatic rings. The normalized spacial score (nSPS) is 10.6. The molecule has 0 aliphatic carbocycles. The number of ether oxygens (including phenoxy) is 1. The van der Waals surface area contributed by atoms with Gasteiger partial charge < -0.3 is 20.3 Å². The van der Waals surface area contributed by atoms with E-state index in [4.69, 9.17) is 4.74 Å². The molecule has 0 bridgehead atoms. The highest BCUT2D eigenvalue weighted by atomic mass is 16.5. The Morgan fingerprint density at radius 1 is 1.04 bits per heavy atom. The van der Waals surface area contributed by atoms with E-state index in [9.17, 15) is 15.0 Å². The Morgan fingerprint density at radius 3 is 2.40 bits per heavy atom. The van der Waals surface area contributed by atoms with Gasteiger partial charge in [0, 0.05) is 28.6 Å². The van der Waals surface area contributed by atoms with Crippen molar-refractivity contribution in [1.29, 1.82) is 0 Å². The van der Waals surface area contributed by atoms with Gasteiger partial charge in [-0.2, -0.15) is 0 Å². The molecule has 5 nitrogen and oxygen atoms in total. The van der Waals surface area contributed by atoms with Gasteiger partial charge in [-0.05, 0) is 37.3 Å². The number of hydrogen-bond acceptors (Lipinski definition) is 5. The minimum absolute atomic E-state index is 0.128. The summed E-state index contributed by atoms with van der Waals surface area (Å²) in [5.41, 5.74) is 1.87. The number of esters is 1. The monoisotopic (exact) mass is 337 g/mol. The minimum atomic E-state index is -0.355. The average Bonchev–Trinajstić information content (AvgIpc) is 2.64. The fourth-order valence-electron chi connectivity index (χ4n) is 2.67. The van der Waals surface area contributed by atoms with E-state index in [0.717, 1.165) is 5.69 Å². The topological polar surface area (TPSA) is 78.8 Å². The molecule has 5 heteroatoms. The van der Waals surface area contributed by atoms with Crippen LogP contribution in [0.1, 0.15) is 22.8 Å². The van der Waals surface area contributed by atoms with Crippen LogP contribution in [0.5, 0.6) is 11.5 Å². The van der Waals surface area contributed by atoms with Gasteiger partial charge in [-0.25, -0.2) is 4.79 Å². The highest BCUT2D eigenvalue weighted by Gasteiger charge is 2.11. The van der Waals surface area contributed by atoms with Crippen LogP contribution in [0.4, 0.5) is 5.69 Å². The van der Waals surface area contributed by atoms with E-state index in [1.54, 1.807) is 49.4 Å². The predicted molar refractivity (Wildman–Crippen MR) is 97.0 cm³/mol. The van der Waals surface area contributed by atoms with Crippen molar-refractivity contribution in [3.63, 3.8) is 0 Å². The quantitative estimate of drug-likeness (QED) is 0.484. The van der Waals surface area contributed by atoms with Gasteiger partial charge in [-0.3, -0.25) is 0 Å². The van der Waals surface area contributed by atoms with Crippen molar-refractivity contribution >= 4 is 22.4 Å². The Labute approximate surface area is 145 Å². The number of phenolic OH excluding ortho intramolecular Hbond substituents is 2. The summed E-state index contributed by atoms with van der Waals surface area (Å²) in [5.74, 6) is -0.0851. The molecule has 128 valence electrons. The summed E-state index contributed by atoms with van der Waals surface area (Å²) in [7, 11) is 0. The van der Waals surface area contributed by atoms with Crippen LogP contribution in [0.3, 0.4) is 0 Å². The summed E-state index contributed by atoms with van der Waals surface area (Å²) in [4.78, 5) is 11.6. The fraction of sp³-hybridized carbons (Fsp3) is 0.150. The first-order chi connectivity index (χ1) is 12.1. The minimum Gasteiger partial charge on any atom is -0.507 e. The summed E-state index contributed by atoms with van der Waals surface area (Å²) in [5, 5.41) is 24.9. The van der Waals surface area contributed by atoms with Gasteiger partial charge in [0.25, 0.3) is 0 Å². The zero-order valence-electron chi connectivity index (χ0n) is 13.8. The van der Waals surface area contributed by atoms with E-state index in [2.05, 4.69) is 5.32 Å². The molecular formula is C20H19NO4. The number of aromatic hydroxyl groups is 2. The van der Waals surface area contributed by atoms with E-state index in [-0.39, 0.29) is 17.5 Å². The molecule has 0 aliphatic rings. The lowest BCUT2D eigenvalue weighted by molar-refractivity contribution is 0.0526. The first-order valence-electron chi connectivity index (χ1n) is 8.03. The first kappa shape index (κ1) is 16.6. The standard InChI is InChI=1S/C20H19NO4/c1-2-25-20(24)13-7-9-15(10-8-13)21-12-14-11-18(22)16-5-3-4-6-17(16)19(14)23/h3-11,21-23H,2,12H2,1H3. The molecule has 0 heterocycles. The zero-order chi connectivity index (χ0) is 17.8. The molecule has 0 spiro atoms. The maximum Gasteiger partial charge on any atom is 0.338 e. The molecule has 0 fully saturated rings. The third-order valence-electron chi connectivity index (χ3n) is 3.95. The van der Waals surface area contributed by atoms with Gasteiger partial charge >= 0.3 is 5.97 Å². The van der Waals surface area contributed by atoms with Crippen molar-refractivity contribution in [1.82, 2.24) is 0 Å². The maximum absolute atomic E-state index is 11.6. The van der Waals surface area contributed by atoms with Crippen molar-refractivity contribution < 1.29 is 19.7 Å². The van der Waals surface area contributed by atoms with Gasteiger partial charge in [0.2, 0.25) is 0 Å². The Kier molecular flexibility index (Phi) is 4.75. The Balaban J connectivity index is 1.77. The SMILES string of the molecule is CCOC(=O)c1ccc(NCc2cc(O)c3ccccc3c2O)cc1. The molecule has 25 heavy (non-hydrogen) atoms. The van der Waals surface area contributed by atoms with Crippen LogP contribution in [0.15, 0.2) is 54.6 Å². The highest BCUT2D eigenvalue weighted by Crippen LogP contribution is 2.35. The fourth-order valence-corrected chi connectivity index (χ4v) is 2.67. The van der Waals surface area contributed by atoms with Crippen LogP contribution in [-0.2, 0) is 11.3 Å². The number of rotatable bonds is 5. The van der Waals surface area contributed by atoms with Crippen molar-refractivity contribution in [2.75, 3.05) is 11.9 Å². The summed E-state index contributed by atoms with van der Waals surface area (Å²) < 4.78 is 4.95. The van der Waals surface area contributed by atoms with Crippen LogP contribution in [0, 0.1) is 0 Å². The second-order valence-electron chi connectivity index (χ2n) is 5.60. The summed E-state index contributed by atoms with van der Waals surface area (Å²) in [6.07, 6.45) is 0. The number of fused-ring (bicyclic) bond motifs is 1. The van der Waals surface area contributed by atoms with Gasteiger partial charge in [0.15, 0.2) is 0 Å². The van der Waals surface area contributed by atoms with Gasteiger partial charge in [0.05, 0.1) is 12.2 Å². The maximum atomic E-state index is 11.6. The summed E-state index contributed by atoms with van der Waals surface area (Å²) in [6, 6.07) is 15.6. The lowest BCUT2D eigenvalue weighted by atomic mass is 10.0. The molecule has 3 aromatic carbocycles. The van der Waals surface area contributed by atoms with E-state index in [1.807, 2.05) is 12.1 Å². The third-order valence-corrected chi connectivity index (χ3v) is 3.95. The third kappa shape index (κ3) is 3.50. The summed E-state index contributed by atoms with van der Waals surface area (Å²) >= 11 is 0. The number of benzene rings is 3. The van der Waals surface area contributed by atoms with Gasteiger partial charge in [-0.15, -0.1) is 0 Å². The molecule has 0 atom stereocenters. The largest absolute Gasteiger partial charge is 0.507 e. The van der Waals surface area contributed by atoms with E-state index in [0.29, 0.717) is 35.1 Å². The molecule has 0 aliphatic heterocycles. The lowest BCUT2D eigenvalue weighted by Crippen LogP contribution is -2.05. The van der Waals surface area contributed by atoms with Crippen LogP contribution < -0.4 is 5.32 Å². The Morgan fingerprint density at radius 2 is 1.72 bits per heavy atom. The Hall–Kier alpha value is -3.21. The molecule has 0 saturated heterocycles. The number of phenols is 2. The molecule has 0 saturated carbocycles. The molecular weight excluding hydrogens is 318 g/mol. The van der Waals surface area contributed by atoms with Crippen molar-refractivity contribution in [2.24, 2.45) is 0 Å². The number of hydrogen-bond donors (Lipinski definition) is 3. The molecule has 3 rings (SSSR count). The molecule has 0 amide bonds. The zero-order valence-corrected chi connectivity index (χ0v) is 13.8. The van der Waals surface area contributed by atoms with Crippen molar-refractivity contribution in [3.8, 4) is 11.5 Å². The number of nitrogens with one attached hydrogen (secondary N) is 1. The highest BCUT2D eigenvalue weighted by molar-refractivity contribution is 5.94. The van der Waals surface area contributed by atoms with Crippen molar-refractivity contribution in [2.45, 2.75) is 13.5 Å². The van der Waals surface area contributed by atoms with E-state index >= 15 is 0 Å². The van der Waals surface area contributed by atoms with Crippen LogP contribution in [0.25, 0.3) is 10.8 Å². The lowest BCUT2D eigenvalue weighted by Gasteiger charge is -2.12. The van der Waals surface area contributed by atoms with Crippen LogP contribution in [-0.4, -0.2) is 22.8 Å². The number of anilines is 1. The average molecular weight is 337 g/mol. The predicted octanol–water partition coefficient (Wildman–Crippen LogP) is 4.04. The molecule has 0 radical (unpaired) electrons. The summed E-state index contributed by atoms with van der Waals surface area (Å²) in [6.45, 7) is 2.44. The van der Waals surface area contributed by atoms with Crippen molar-refractivity contribution in [3.05, 3.63) is 65.7 Å². The second-order valence-corrected chi connectivity index (χ2v) is 5.60. The first-order valence-corrected chi connectivity index (χ1v) is 8.03. The smallest absolute Gasteiger partial charge is 0.338 e. The van der Waals surface area contributed by atoms with E-state index < -0.39 is 0 Å².